The minimum atomic E-state index is -0.266. The molecule has 6 heteroatoms. The van der Waals surface area contributed by atoms with Gasteiger partial charge in [-0.05, 0) is 45.0 Å². The van der Waals surface area contributed by atoms with Gasteiger partial charge in [-0.3, -0.25) is 14.5 Å². The van der Waals surface area contributed by atoms with Crippen LogP contribution in [0.3, 0.4) is 0 Å². The van der Waals surface area contributed by atoms with Gasteiger partial charge in [0.15, 0.2) is 17.3 Å². The Morgan fingerprint density at radius 2 is 1.75 bits per heavy atom. The normalized spacial score (nSPS) is 17.9. The van der Waals surface area contributed by atoms with Gasteiger partial charge in [-0.25, -0.2) is 0 Å². The fourth-order valence-electron chi connectivity index (χ4n) is 3.77. The van der Waals surface area contributed by atoms with Gasteiger partial charge >= 0.3 is 0 Å². The topological polar surface area (TPSA) is 67.9 Å². The first-order chi connectivity index (χ1) is 13.6. The number of hydrogen-bond donors (Lipinski definition) is 1. The molecule has 0 saturated carbocycles. The highest BCUT2D eigenvalue weighted by Gasteiger charge is 2.30. The average Bonchev–Trinajstić information content (AvgIpc) is 3.21. The number of ether oxygens (including phenoxy) is 2. The summed E-state index contributed by atoms with van der Waals surface area (Å²) in [6, 6.07) is 14.6. The van der Waals surface area contributed by atoms with E-state index in [0.29, 0.717) is 17.2 Å². The van der Waals surface area contributed by atoms with E-state index in [1.165, 1.54) is 0 Å². The highest BCUT2D eigenvalue weighted by Crippen LogP contribution is 2.34. The van der Waals surface area contributed by atoms with Crippen LogP contribution in [0.25, 0.3) is 0 Å². The first-order valence-corrected chi connectivity index (χ1v) is 9.65. The number of anilines is 1. The van der Waals surface area contributed by atoms with Crippen LogP contribution >= 0.6 is 0 Å². The molecule has 0 bridgehead atoms. The third-order valence-corrected chi connectivity index (χ3v) is 5.53. The summed E-state index contributed by atoms with van der Waals surface area (Å²) < 4.78 is 10.6. The minimum absolute atomic E-state index is 0.0303. The van der Waals surface area contributed by atoms with Gasteiger partial charge in [0, 0.05) is 23.2 Å². The average molecular weight is 380 g/mol. The Labute approximate surface area is 164 Å². The summed E-state index contributed by atoms with van der Waals surface area (Å²) in [6.45, 7) is 3.58. The van der Waals surface area contributed by atoms with Gasteiger partial charge in [-0.1, -0.05) is 30.3 Å². The smallest absolute Gasteiger partial charge is 0.241 e. The van der Waals surface area contributed by atoms with Crippen LogP contribution in [-0.4, -0.2) is 42.5 Å². The molecule has 4 rings (SSSR count). The van der Waals surface area contributed by atoms with E-state index in [4.69, 9.17) is 9.47 Å². The van der Waals surface area contributed by atoms with Gasteiger partial charge in [-0.2, -0.15) is 0 Å². The first-order valence-electron chi connectivity index (χ1n) is 9.65. The lowest BCUT2D eigenvalue weighted by atomic mass is 9.88. The van der Waals surface area contributed by atoms with E-state index in [2.05, 4.69) is 10.2 Å². The molecule has 1 N–H and O–H groups in total. The standard InChI is InChI=1S/C22H24N2O4/c1-15(22(26)23-18-7-8-19-20(13-18)28-14-27-19)24-11-9-17(10-12-24)21(25)16-5-3-2-4-6-16/h2-8,13,15,17H,9-12,14H2,1H3,(H,23,26)/t15-/m0/s1. The van der Waals surface area contributed by atoms with Crippen LogP contribution in [0.5, 0.6) is 11.5 Å². The third-order valence-electron chi connectivity index (χ3n) is 5.53. The number of rotatable bonds is 5. The van der Waals surface area contributed by atoms with Gasteiger partial charge in [0.25, 0.3) is 0 Å². The molecule has 0 spiro atoms. The van der Waals surface area contributed by atoms with Crippen LogP contribution in [0, 0.1) is 5.92 Å². The number of nitrogens with zero attached hydrogens (tertiary/aromatic N) is 1. The van der Waals surface area contributed by atoms with E-state index in [9.17, 15) is 9.59 Å². The van der Waals surface area contributed by atoms with Crippen LogP contribution in [0.4, 0.5) is 5.69 Å². The Morgan fingerprint density at radius 3 is 2.50 bits per heavy atom. The number of amides is 1. The molecule has 1 atom stereocenters. The summed E-state index contributed by atoms with van der Waals surface area (Å²) in [5, 5.41) is 2.95. The maximum Gasteiger partial charge on any atom is 0.241 e. The van der Waals surface area contributed by atoms with Crippen LogP contribution in [0.1, 0.15) is 30.1 Å². The lowest BCUT2D eigenvalue weighted by molar-refractivity contribution is -0.121. The van der Waals surface area contributed by atoms with Crippen molar-refractivity contribution in [2.24, 2.45) is 5.92 Å². The molecule has 0 unspecified atom stereocenters. The summed E-state index contributed by atoms with van der Waals surface area (Å²) >= 11 is 0. The number of likely N-dealkylation sites (tertiary alicyclic amines) is 1. The highest BCUT2D eigenvalue weighted by atomic mass is 16.7. The fraction of sp³-hybridized carbons (Fsp3) is 0.364. The molecule has 146 valence electrons. The molecular weight excluding hydrogens is 356 g/mol. The molecule has 1 saturated heterocycles. The van der Waals surface area contributed by atoms with Crippen molar-refractivity contribution < 1.29 is 19.1 Å². The lowest BCUT2D eigenvalue weighted by Gasteiger charge is -2.34. The van der Waals surface area contributed by atoms with E-state index in [1.54, 1.807) is 12.1 Å². The summed E-state index contributed by atoms with van der Waals surface area (Å²) in [4.78, 5) is 27.4. The van der Waals surface area contributed by atoms with E-state index in [-0.39, 0.29) is 30.4 Å². The van der Waals surface area contributed by atoms with Crippen molar-refractivity contribution in [2.45, 2.75) is 25.8 Å². The number of benzene rings is 2. The second-order valence-electron chi connectivity index (χ2n) is 7.27. The molecule has 28 heavy (non-hydrogen) atoms. The molecule has 2 aliphatic heterocycles. The third kappa shape index (κ3) is 3.87. The molecule has 1 fully saturated rings. The Bertz CT molecular complexity index is 860. The van der Waals surface area contributed by atoms with Crippen molar-refractivity contribution in [1.82, 2.24) is 4.90 Å². The molecule has 2 aromatic rings. The van der Waals surface area contributed by atoms with E-state index in [0.717, 1.165) is 31.5 Å². The molecule has 0 aromatic heterocycles. The Hall–Kier alpha value is -2.86. The highest BCUT2D eigenvalue weighted by molar-refractivity contribution is 5.98. The zero-order valence-corrected chi connectivity index (χ0v) is 15.9. The van der Waals surface area contributed by atoms with Crippen molar-refractivity contribution in [3.63, 3.8) is 0 Å². The molecule has 2 heterocycles. The number of carbonyl (C=O) groups is 2. The molecule has 6 nitrogen and oxygen atoms in total. The van der Waals surface area contributed by atoms with Crippen molar-refractivity contribution in [3.05, 3.63) is 54.1 Å². The molecule has 0 radical (unpaired) electrons. The maximum absolute atomic E-state index is 12.7. The number of hydrogen-bond acceptors (Lipinski definition) is 5. The zero-order valence-electron chi connectivity index (χ0n) is 15.9. The van der Waals surface area contributed by atoms with Crippen LogP contribution in [-0.2, 0) is 4.79 Å². The monoisotopic (exact) mass is 380 g/mol. The predicted molar refractivity (Wildman–Crippen MR) is 106 cm³/mol. The van der Waals surface area contributed by atoms with Crippen LogP contribution in [0.15, 0.2) is 48.5 Å². The number of fused-ring (bicyclic) bond motifs is 1. The van der Waals surface area contributed by atoms with E-state index in [1.807, 2.05) is 43.3 Å². The van der Waals surface area contributed by atoms with Gasteiger partial charge in [0.05, 0.1) is 6.04 Å². The maximum atomic E-state index is 12.7. The lowest BCUT2D eigenvalue weighted by Crippen LogP contribution is -2.47. The Morgan fingerprint density at radius 1 is 1.04 bits per heavy atom. The second kappa shape index (κ2) is 8.02. The molecule has 2 aromatic carbocycles. The molecule has 0 aliphatic carbocycles. The van der Waals surface area contributed by atoms with Crippen LogP contribution < -0.4 is 14.8 Å². The second-order valence-corrected chi connectivity index (χ2v) is 7.27. The van der Waals surface area contributed by atoms with Crippen molar-refractivity contribution in [1.29, 1.82) is 0 Å². The fourth-order valence-corrected chi connectivity index (χ4v) is 3.77. The summed E-state index contributed by atoms with van der Waals surface area (Å²) in [5.41, 5.74) is 1.46. The van der Waals surface area contributed by atoms with Gasteiger partial charge < -0.3 is 14.8 Å². The van der Waals surface area contributed by atoms with E-state index < -0.39 is 0 Å². The Balaban J connectivity index is 1.31. The number of ketones is 1. The Kier molecular flexibility index (Phi) is 5.30. The molecule has 1 amide bonds. The largest absolute Gasteiger partial charge is 0.454 e. The van der Waals surface area contributed by atoms with Gasteiger partial charge in [-0.15, -0.1) is 0 Å². The van der Waals surface area contributed by atoms with E-state index >= 15 is 0 Å². The zero-order chi connectivity index (χ0) is 19.5. The van der Waals surface area contributed by atoms with Crippen LogP contribution in [0.2, 0.25) is 0 Å². The van der Waals surface area contributed by atoms with Crippen molar-refractivity contribution in [3.8, 4) is 11.5 Å². The minimum Gasteiger partial charge on any atom is -0.454 e. The summed E-state index contributed by atoms with van der Waals surface area (Å²) in [6.07, 6.45) is 1.55. The van der Waals surface area contributed by atoms with Crippen molar-refractivity contribution in [2.75, 3.05) is 25.2 Å². The number of Topliss-reactive ketones (excluding diaryl/α,β-unsaturated/α-hetero) is 1. The summed E-state index contributed by atoms with van der Waals surface area (Å²) in [7, 11) is 0. The SMILES string of the molecule is C[C@@H](C(=O)Nc1ccc2c(c1)OCO2)N1CCC(C(=O)c2ccccc2)CC1. The predicted octanol–water partition coefficient (Wildman–Crippen LogP) is 3.34. The first kappa shape index (κ1) is 18.5. The number of nitrogens with one attached hydrogen (secondary N) is 1. The molecular formula is C22H24N2O4. The molecule has 2 aliphatic rings. The number of carbonyl (C=O) groups excluding carboxylic acids is 2. The quantitative estimate of drug-likeness (QED) is 0.806. The van der Waals surface area contributed by atoms with Crippen molar-refractivity contribution >= 4 is 17.4 Å². The van der Waals surface area contributed by atoms with Gasteiger partial charge in [0.1, 0.15) is 0 Å². The van der Waals surface area contributed by atoms with Gasteiger partial charge in [0.2, 0.25) is 12.7 Å². The number of piperidine rings is 1. The summed E-state index contributed by atoms with van der Waals surface area (Å²) in [5.74, 6) is 1.51.